The number of allylic oxidation sites excluding steroid dienone is 1. The predicted octanol–water partition coefficient (Wildman–Crippen LogP) is 3.09. The molecule has 2 nitrogen and oxygen atoms in total. The van der Waals surface area contributed by atoms with E-state index >= 15 is 0 Å². The van der Waals surface area contributed by atoms with Gasteiger partial charge in [0.25, 0.3) is 0 Å². The minimum absolute atomic E-state index is 0.278. The van der Waals surface area contributed by atoms with Crippen molar-refractivity contribution in [3.63, 3.8) is 0 Å². The standard InChI is InChI=1S/C12H22ClNO/c1-5-11(10(3)13)12(14-4)8-7-9-15-6-2/h5,12,14H,3,6-9H2,1-2,4H3/b11-5-/t12-/m1/s1. The van der Waals surface area contributed by atoms with Gasteiger partial charge in [-0.25, -0.2) is 0 Å². The van der Waals surface area contributed by atoms with Gasteiger partial charge in [0, 0.05) is 24.3 Å². The first-order valence-electron chi connectivity index (χ1n) is 5.43. The number of hydrogen-bond acceptors (Lipinski definition) is 2. The lowest BCUT2D eigenvalue weighted by atomic mass is 10.0. The topological polar surface area (TPSA) is 21.3 Å². The number of halogens is 1. The van der Waals surface area contributed by atoms with Crippen LogP contribution in [-0.2, 0) is 4.74 Å². The van der Waals surface area contributed by atoms with Crippen molar-refractivity contribution in [1.82, 2.24) is 5.32 Å². The second-order valence-corrected chi connectivity index (χ2v) is 3.79. The monoisotopic (exact) mass is 231 g/mol. The van der Waals surface area contributed by atoms with Crippen LogP contribution < -0.4 is 5.32 Å². The van der Waals surface area contributed by atoms with E-state index in [2.05, 4.69) is 11.9 Å². The Morgan fingerprint density at radius 3 is 2.67 bits per heavy atom. The maximum absolute atomic E-state index is 5.92. The highest BCUT2D eigenvalue weighted by Crippen LogP contribution is 2.19. The zero-order chi connectivity index (χ0) is 11.7. The Bertz CT molecular complexity index is 214. The van der Waals surface area contributed by atoms with Crippen molar-refractivity contribution in [3.05, 3.63) is 23.3 Å². The molecular weight excluding hydrogens is 210 g/mol. The Balaban J connectivity index is 4.06. The maximum Gasteiger partial charge on any atom is 0.0466 e. The van der Waals surface area contributed by atoms with E-state index in [0.29, 0.717) is 5.03 Å². The van der Waals surface area contributed by atoms with E-state index in [9.17, 15) is 0 Å². The summed E-state index contributed by atoms with van der Waals surface area (Å²) in [5.74, 6) is 0. The molecule has 1 N–H and O–H groups in total. The van der Waals surface area contributed by atoms with Gasteiger partial charge in [-0.3, -0.25) is 0 Å². The van der Waals surface area contributed by atoms with Crippen molar-refractivity contribution in [2.45, 2.75) is 32.7 Å². The molecule has 0 amide bonds. The minimum Gasteiger partial charge on any atom is -0.382 e. The predicted molar refractivity (Wildman–Crippen MR) is 67.3 cm³/mol. The first kappa shape index (κ1) is 14.7. The Morgan fingerprint density at radius 1 is 1.60 bits per heavy atom. The number of likely N-dealkylation sites (N-methyl/N-ethyl adjacent to an activating group) is 1. The fourth-order valence-electron chi connectivity index (χ4n) is 1.54. The number of hydrogen-bond donors (Lipinski definition) is 1. The third kappa shape index (κ3) is 5.98. The molecule has 0 rings (SSSR count). The Kier molecular flexibility index (Phi) is 8.77. The van der Waals surface area contributed by atoms with Crippen LogP contribution in [0.2, 0.25) is 0 Å². The van der Waals surface area contributed by atoms with Crippen molar-refractivity contribution in [2.24, 2.45) is 0 Å². The summed E-state index contributed by atoms with van der Waals surface area (Å²) in [7, 11) is 1.94. The molecule has 0 unspecified atom stereocenters. The first-order valence-corrected chi connectivity index (χ1v) is 5.81. The zero-order valence-electron chi connectivity index (χ0n) is 9.98. The van der Waals surface area contributed by atoms with Gasteiger partial charge in [0.1, 0.15) is 0 Å². The van der Waals surface area contributed by atoms with Crippen molar-refractivity contribution in [3.8, 4) is 0 Å². The molecule has 0 saturated heterocycles. The summed E-state index contributed by atoms with van der Waals surface area (Å²) < 4.78 is 5.30. The molecule has 0 saturated carbocycles. The van der Waals surface area contributed by atoms with Gasteiger partial charge in [0.2, 0.25) is 0 Å². The van der Waals surface area contributed by atoms with Crippen LogP contribution in [0.5, 0.6) is 0 Å². The molecule has 0 spiro atoms. The van der Waals surface area contributed by atoms with Gasteiger partial charge in [-0.15, -0.1) is 0 Å². The summed E-state index contributed by atoms with van der Waals surface area (Å²) in [6, 6.07) is 0.278. The van der Waals surface area contributed by atoms with Crippen LogP contribution in [0.4, 0.5) is 0 Å². The largest absolute Gasteiger partial charge is 0.382 e. The minimum atomic E-state index is 0.278. The number of rotatable bonds is 8. The highest BCUT2D eigenvalue weighted by Gasteiger charge is 2.12. The van der Waals surface area contributed by atoms with Crippen LogP contribution in [0.3, 0.4) is 0 Å². The molecule has 0 aliphatic rings. The zero-order valence-corrected chi connectivity index (χ0v) is 10.7. The van der Waals surface area contributed by atoms with E-state index in [4.69, 9.17) is 16.3 Å². The molecule has 0 fully saturated rings. The van der Waals surface area contributed by atoms with Crippen molar-refractivity contribution >= 4 is 11.6 Å². The van der Waals surface area contributed by atoms with Crippen LogP contribution in [0.1, 0.15) is 26.7 Å². The first-order chi connectivity index (χ1) is 7.17. The Labute approximate surface area is 98.3 Å². The summed E-state index contributed by atoms with van der Waals surface area (Å²) in [6.07, 6.45) is 4.06. The van der Waals surface area contributed by atoms with Crippen LogP contribution in [0.15, 0.2) is 23.3 Å². The van der Waals surface area contributed by atoms with Gasteiger partial charge >= 0.3 is 0 Å². The van der Waals surface area contributed by atoms with E-state index in [1.165, 1.54) is 0 Å². The quantitative estimate of drug-likeness (QED) is 0.512. The van der Waals surface area contributed by atoms with E-state index in [-0.39, 0.29) is 6.04 Å². The third-order valence-electron chi connectivity index (χ3n) is 2.33. The van der Waals surface area contributed by atoms with Crippen molar-refractivity contribution in [2.75, 3.05) is 20.3 Å². The molecule has 0 aliphatic carbocycles. The molecule has 0 heterocycles. The Morgan fingerprint density at radius 2 is 2.27 bits per heavy atom. The van der Waals surface area contributed by atoms with E-state index < -0.39 is 0 Å². The molecule has 0 aromatic rings. The number of ether oxygens (including phenoxy) is 1. The van der Waals surface area contributed by atoms with Gasteiger partial charge < -0.3 is 10.1 Å². The van der Waals surface area contributed by atoms with Gasteiger partial charge in [-0.2, -0.15) is 0 Å². The van der Waals surface area contributed by atoms with Crippen LogP contribution in [-0.4, -0.2) is 26.3 Å². The average Bonchev–Trinajstić information content (AvgIpc) is 2.22. The molecule has 1 atom stereocenters. The fourth-order valence-corrected chi connectivity index (χ4v) is 1.78. The molecule has 88 valence electrons. The van der Waals surface area contributed by atoms with Gasteiger partial charge in [0.15, 0.2) is 0 Å². The SMILES string of the molecule is C=C(Cl)/C(=C/C)[C@@H](CCCOCC)NC. The average molecular weight is 232 g/mol. The molecular formula is C12H22ClNO. The van der Waals surface area contributed by atoms with Gasteiger partial charge in [-0.1, -0.05) is 24.3 Å². The van der Waals surface area contributed by atoms with E-state index in [1.54, 1.807) is 0 Å². The van der Waals surface area contributed by atoms with Gasteiger partial charge in [0.05, 0.1) is 0 Å². The molecule has 3 heteroatoms. The molecule has 0 radical (unpaired) electrons. The third-order valence-corrected chi connectivity index (χ3v) is 2.55. The van der Waals surface area contributed by atoms with Crippen LogP contribution >= 0.6 is 11.6 Å². The van der Waals surface area contributed by atoms with Crippen LogP contribution in [0, 0.1) is 0 Å². The maximum atomic E-state index is 5.92. The lowest BCUT2D eigenvalue weighted by Gasteiger charge is -2.19. The molecule has 15 heavy (non-hydrogen) atoms. The normalized spacial score (nSPS) is 14.0. The number of nitrogens with one attached hydrogen (secondary N) is 1. The Hall–Kier alpha value is -0.310. The van der Waals surface area contributed by atoms with Crippen molar-refractivity contribution in [1.29, 1.82) is 0 Å². The fraction of sp³-hybridized carbons (Fsp3) is 0.667. The lowest BCUT2D eigenvalue weighted by Crippen LogP contribution is -2.27. The summed E-state index contributed by atoms with van der Waals surface area (Å²) >= 11 is 5.92. The van der Waals surface area contributed by atoms with Gasteiger partial charge in [-0.05, 0) is 39.3 Å². The van der Waals surface area contributed by atoms with E-state index in [0.717, 1.165) is 31.6 Å². The summed E-state index contributed by atoms with van der Waals surface area (Å²) in [4.78, 5) is 0. The summed E-state index contributed by atoms with van der Waals surface area (Å²) in [6.45, 7) is 9.34. The highest BCUT2D eigenvalue weighted by molar-refractivity contribution is 6.31. The summed E-state index contributed by atoms with van der Waals surface area (Å²) in [5.41, 5.74) is 1.08. The van der Waals surface area contributed by atoms with Crippen LogP contribution in [0.25, 0.3) is 0 Å². The molecule has 0 bridgehead atoms. The van der Waals surface area contributed by atoms with E-state index in [1.807, 2.05) is 27.0 Å². The molecule has 0 aliphatic heterocycles. The second kappa shape index (κ2) is 8.96. The highest BCUT2D eigenvalue weighted by atomic mass is 35.5. The summed E-state index contributed by atoms with van der Waals surface area (Å²) in [5, 5.41) is 3.86. The second-order valence-electron chi connectivity index (χ2n) is 3.33. The molecule has 0 aromatic carbocycles. The molecule has 0 aromatic heterocycles. The van der Waals surface area contributed by atoms with Crippen molar-refractivity contribution < 1.29 is 4.74 Å². The smallest absolute Gasteiger partial charge is 0.0466 e. The lowest BCUT2D eigenvalue weighted by molar-refractivity contribution is 0.142.